The van der Waals surface area contributed by atoms with Crippen LogP contribution in [0.25, 0.3) is 0 Å². The van der Waals surface area contributed by atoms with Crippen LogP contribution in [0, 0.1) is 0 Å². The molecule has 0 aromatic carbocycles. The topological polar surface area (TPSA) is 63.6 Å². The van der Waals surface area contributed by atoms with Gasteiger partial charge in [0.2, 0.25) is 0 Å². The lowest BCUT2D eigenvalue weighted by atomic mass is 10.3. The maximum Gasteiger partial charge on any atom is 0.472 e. The Morgan fingerprint density at radius 1 is 1.11 bits per heavy atom. The summed E-state index contributed by atoms with van der Waals surface area (Å²) in [7, 11) is -6.58. The molecule has 0 saturated heterocycles. The second kappa shape index (κ2) is 5.14. The minimum Gasteiger partial charge on any atom is -0.399 e. The smallest absolute Gasteiger partial charge is 0.399 e. The zero-order valence-corrected chi connectivity index (χ0v) is 10.3. The Hall–Kier alpha value is -0.460. The Morgan fingerprint density at radius 2 is 1.47 bits per heavy atom. The van der Waals surface area contributed by atoms with Crippen LogP contribution < -0.4 is 0 Å². The average Bonchev–Trinajstić information content (AvgIpc) is 2.14. The molecule has 19 heavy (non-hydrogen) atoms. The standard InChI is InChI=1S/C5HCl2F7O4S/c6-1(8)2(9)18-5(13,14)3(10,11)4(7,12)19(15,16)17/h(H,15,16,17). The third-order valence-electron chi connectivity index (χ3n) is 1.42. The molecule has 0 aromatic heterocycles. The van der Waals surface area contributed by atoms with Gasteiger partial charge in [0, 0.05) is 0 Å². The summed E-state index contributed by atoms with van der Waals surface area (Å²) in [5, 5.41) is -2.64. The van der Waals surface area contributed by atoms with E-state index < -0.39 is 37.9 Å². The molecule has 0 amide bonds. The molecule has 1 N–H and O–H groups in total. The third-order valence-corrected chi connectivity index (χ3v) is 3.30. The first kappa shape index (κ1) is 18.5. The number of halogens is 9. The van der Waals surface area contributed by atoms with Crippen molar-refractivity contribution < 1.29 is 48.4 Å². The van der Waals surface area contributed by atoms with Crippen LogP contribution in [0.5, 0.6) is 0 Å². The number of hydrogen-bond donors (Lipinski definition) is 1. The Labute approximate surface area is 110 Å². The molecule has 1 atom stereocenters. The molecule has 0 saturated carbocycles. The summed E-state index contributed by atoms with van der Waals surface area (Å²) in [6.07, 6.45) is -6.30. The van der Waals surface area contributed by atoms with Crippen molar-refractivity contribution in [2.45, 2.75) is 16.5 Å². The van der Waals surface area contributed by atoms with E-state index in [2.05, 4.69) is 27.9 Å². The molecule has 0 heterocycles. The minimum absolute atomic E-state index is 2.37. The largest absolute Gasteiger partial charge is 0.472 e. The molecule has 114 valence electrons. The van der Waals surface area contributed by atoms with Crippen LogP contribution in [-0.4, -0.2) is 29.5 Å². The van der Waals surface area contributed by atoms with Gasteiger partial charge in [-0.3, -0.25) is 4.55 Å². The van der Waals surface area contributed by atoms with Crippen molar-refractivity contribution in [3.05, 3.63) is 11.3 Å². The lowest BCUT2D eigenvalue weighted by Crippen LogP contribution is -2.57. The van der Waals surface area contributed by atoms with Gasteiger partial charge in [0.25, 0.3) is 5.29 Å². The Bertz CT molecular complexity index is 484. The quantitative estimate of drug-likeness (QED) is 0.353. The highest BCUT2D eigenvalue weighted by Crippen LogP contribution is 2.50. The average molecular weight is 361 g/mol. The summed E-state index contributed by atoms with van der Waals surface area (Å²) in [5.74, 6) is -6.50. The molecule has 0 aromatic rings. The second-order valence-electron chi connectivity index (χ2n) is 2.72. The van der Waals surface area contributed by atoms with E-state index in [0.717, 1.165) is 0 Å². The Kier molecular flexibility index (Phi) is 5.02. The highest BCUT2D eigenvalue weighted by molar-refractivity contribution is 7.88. The summed E-state index contributed by atoms with van der Waals surface area (Å²) in [4.78, 5) is 0. The monoisotopic (exact) mass is 360 g/mol. The normalized spacial score (nSPS) is 18.6. The van der Waals surface area contributed by atoms with Crippen molar-refractivity contribution in [2.24, 2.45) is 0 Å². The van der Waals surface area contributed by atoms with Crippen molar-refractivity contribution in [3.63, 3.8) is 0 Å². The first-order valence-corrected chi connectivity index (χ1v) is 5.78. The zero-order valence-electron chi connectivity index (χ0n) is 7.98. The van der Waals surface area contributed by atoms with Crippen LogP contribution in [0.15, 0.2) is 11.3 Å². The van der Waals surface area contributed by atoms with Gasteiger partial charge in [-0.05, 0) is 11.6 Å². The maximum absolute atomic E-state index is 12.9. The van der Waals surface area contributed by atoms with Gasteiger partial charge in [-0.25, -0.2) is 0 Å². The fourth-order valence-corrected chi connectivity index (χ4v) is 1.14. The molecule has 0 radical (unpaired) electrons. The summed E-state index contributed by atoms with van der Waals surface area (Å²) >= 11 is 8.10. The van der Waals surface area contributed by atoms with Gasteiger partial charge >= 0.3 is 32.6 Å². The minimum atomic E-state index is -6.58. The number of rotatable bonds is 5. The molecule has 0 aliphatic heterocycles. The molecule has 0 fully saturated rings. The molecule has 0 bridgehead atoms. The number of ether oxygens (including phenoxy) is 1. The molecule has 14 heteroatoms. The molecular weight excluding hydrogens is 360 g/mol. The van der Waals surface area contributed by atoms with Crippen LogP contribution in [0.1, 0.15) is 0 Å². The number of alkyl halides is 6. The first-order valence-electron chi connectivity index (χ1n) is 3.58. The summed E-state index contributed by atoms with van der Waals surface area (Å²) < 4.78 is 113. The second-order valence-corrected chi connectivity index (χ2v) is 5.31. The van der Waals surface area contributed by atoms with Gasteiger partial charge in [-0.1, -0.05) is 11.6 Å². The van der Waals surface area contributed by atoms with Gasteiger partial charge < -0.3 is 4.74 Å². The maximum atomic E-state index is 12.9. The SMILES string of the molecule is O=S(=O)(O)C(F)(Cl)C(F)(F)C(F)(F)OC(F)=C(F)Cl. The van der Waals surface area contributed by atoms with Gasteiger partial charge in [-0.15, -0.1) is 0 Å². The van der Waals surface area contributed by atoms with E-state index in [4.69, 9.17) is 4.55 Å². The van der Waals surface area contributed by atoms with Crippen LogP contribution in [0.4, 0.5) is 30.7 Å². The Balaban J connectivity index is 5.72. The predicted octanol–water partition coefficient (Wildman–Crippen LogP) is 3.29. The molecule has 4 nitrogen and oxygen atoms in total. The van der Waals surface area contributed by atoms with Gasteiger partial charge in [0.15, 0.2) is 0 Å². The van der Waals surface area contributed by atoms with Gasteiger partial charge in [0.1, 0.15) is 0 Å². The molecule has 0 rings (SSSR count). The lowest BCUT2D eigenvalue weighted by Gasteiger charge is -2.30. The van der Waals surface area contributed by atoms with Gasteiger partial charge in [-0.2, -0.15) is 39.2 Å². The van der Waals surface area contributed by atoms with Crippen molar-refractivity contribution >= 4 is 33.3 Å². The van der Waals surface area contributed by atoms with Crippen LogP contribution in [0.2, 0.25) is 0 Å². The van der Waals surface area contributed by atoms with Crippen LogP contribution in [-0.2, 0) is 14.9 Å². The van der Waals surface area contributed by atoms with Crippen molar-refractivity contribution in [3.8, 4) is 0 Å². The van der Waals surface area contributed by atoms with E-state index in [0.29, 0.717) is 0 Å². The zero-order chi connectivity index (χ0) is 15.9. The highest BCUT2D eigenvalue weighted by atomic mass is 35.5. The van der Waals surface area contributed by atoms with Crippen molar-refractivity contribution in [1.29, 1.82) is 0 Å². The molecule has 0 aliphatic carbocycles. The van der Waals surface area contributed by atoms with Crippen molar-refractivity contribution in [1.82, 2.24) is 0 Å². The summed E-state index contributed by atoms with van der Waals surface area (Å²) in [6, 6.07) is -3.09. The summed E-state index contributed by atoms with van der Waals surface area (Å²) in [6.45, 7) is 0. The van der Waals surface area contributed by atoms with Gasteiger partial charge in [0.05, 0.1) is 0 Å². The molecule has 1 unspecified atom stereocenters. The first-order chi connectivity index (χ1) is 8.08. The van der Waals surface area contributed by atoms with E-state index in [1.54, 1.807) is 0 Å². The van der Waals surface area contributed by atoms with E-state index >= 15 is 0 Å². The molecule has 0 aliphatic rings. The Morgan fingerprint density at radius 3 is 1.74 bits per heavy atom. The van der Waals surface area contributed by atoms with E-state index in [9.17, 15) is 39.2 Å². The predicted molar refractivity (Wildman–Crippen MR) is 47.3 cm³/mol. The summed E-state index contributed by atoms with van der Waals surface area (Å²) in [5.41, 5.74) is 0. The fourth-order valence-electron chi connectivity index (χ4n) is 0.547. The molecule has 0 spiro atoms. The highest BCUT2D eigenvalue weighted by Gasteiger charge is 2.78. The fraction of sp³-hybridized carbons (Fsp3) is 0.600. The van der Waals surface area contributed by atoms with E-state index in [-0.39, 0.29) is 0 Å². The third kappa shape index (κ3) is 3.35. The van der Waals surface area contributed by atoms with Crippen molar-refractivity contribution in [2.75, 3.05) is 0 Å². The van der Waals surface area contributed by atoms with Crippen LogP contribution in [0.3, 0.4) is 0 Å². The number of hydrogen-bond acceptors (Lipinski definition) is 3. The molecular formula is C5HCl2F7O4S. The van der Waals surface area contributed by atoms with Crippen LogP contribution >= 0.6 is 23.2 Å². The van der Waals surface area contributed by atoms with E-state index in [1.165, 1.54) is 0 Å². The lowest BCUT2D eigenvalue weighted by molar-refractivity contribution is -0.352. The van der Waals surface area contributed by atoms with E-state index in [1.807, 2.05) is 0 Å².